The van der Waals surface area contributed by atoms with Crippen LogP contribution in [0.1, 0.15) is 24.8 Å². The van der Waals surface area contributed by atoms with Gasteiger partial charge in [-0.15, -0.1) is 0 Å². The minimum Gasteiger partial charge on any atom is -0.439 e. The second-order valence-electron chi connectivity index (χ2n) is 7.58. The summed E-state index contributed by atoms with van der Waals surface area (Å²) in [6.07, 6.45) is 2.14. The molecular weight excluding hydrogens is 439 g/mol. The summed E-state index contributed by atoms with van der Waals surface area (Å²) in [5.41, 5.74) is 0.905. The van der Waals surface area contributed by atoms with Crippen LogP contribution in [0.25, 0.3) is 0 Å². The Bertz CT molecular complexity index is 1170. The van der Waals surface area contributed by atoms with Crippen LogP contribution in [0.5, 0.6) is 11.6 Å². The standard InChI is InChI=1S/C21H21FN4O5S/c22-15-1-3-17(4-2-15)31-19-11-14(7-9-23-19)12-24-21(28)18-5-6-20(27)26(25-18)16-8-10-32(29,30)13-16/h1-4,7,9,11,16H,5-6,8,10,12-13H2,(H,24,28). The van der Waals surface area contributed by atoms with Crippen molar-refractivity contribution in [2.75, 3.05) is 11.5 Å². The molecule has 9 nitrogen and oxygen atoms in total. The molecule has 2 amide bonds. The lowest BCUT2D eigenvalue weighted by atomic mass is 10.1. The number of rotatable bonds is 6. The molecule has 2 aliphatic heterocycles. The number of carbonyl (C=O) groups excluding carboxylic acids is 2. The smallest absolute Gasteiger partial charge is 0.267 e. The highest BCUT2D eigenvalue weighted by atomic mass is 32.2. The highest BCUT2D eigenvalue weighted by Crippen LogP contribution is 2.23. The van der Waals surface area contributed by atoms with Crippen molar-refractivity contribution in [3.63, 3.8) is 0 Å². The zero-order valence-corrected chi connectivity index (χ0v) is 17.8. The van der Waals surface area contributed by atoms with E-state index in [0.29, 0.717) is 12.2 Å². The van der Waals surface area contributed by atoms with Gasteiger partial charge in [-0.25, -0.2) is 22.8 Å². The maximum atomic E-state index is 13.0. The van der Waals surface area contributed by atoms with Gasteiger partial charge in [0, 0.05) is 31.6 Å². The summed E-state index contributed by atoms with van der Waals surface area (Å²) < 4.78 is 42.1. The molecule has 1 atom stereocenters. The second kappa shape index (κ2) is 9.03. The molecule has 1 aromatic carbocycles. The van der Waals surface area contributed by atoms with Crippen LogP contribution >= 0.6 is 0 Å². The van der Waals surface area contributed by atoms with E-state index >= 15 is 0 Å². The van der Waals surface area contributed by atoms with Crippen LogP contribution in [0, 0.1) is 5.82 Å². The van der Waals surface area contributed by atoms with Gasteiger partial charge in [0.2, 0.25) is 11.8 Å². The highest BCUT2D eigenvalue weighted by Gasteiger charge is 2.37. The van der Waals surface area contributed by atoms with Gasteiger partial charge in [0.05, 0.1) is 17.5 Å². The van der Waals surface area contributed by atoms with Crippen molar-refractivity contribution in [2.24, 2.45) is 5.10 Å². The number of hydrogen-bond acceptors (Lipinski definition) is 7. The van der Waals surface area contributed by atoms with Crippen LogP contribution in [0.15, 0.2) is 47.7 Å². The van der Waals surface area contributed by atoms with E-state index in [9.17, 15) is 22.4 Å². The number of nitrogens with one attached hydrogen (secondary N) is 1. The third-order valence-corrected chi connectivity index (χ3v) is 6.91. The largest absolute Gasteiger partial charge is 0.439 e. The van der Waals surface area contributed by atoms with Crippen molar-refractivity contribution < 1.29 is 27.1 Å². The predicted molar refractivity (Wildman–Crippen MR) is 113 cm³/mol. The first kappa shape index (κ1) is 21.9. The first-order chi connectivity index (χ1) is 15.3. The van der Waals surface area contributed by atoms with E-state index in [4.69, 9.17) is 4.74 Å². The topological polar surface area (TPSA) is 118 Å². The second-order valence-corrected chi connectivity index (χ2v) is 9.81. The van der Waals surface area contributed by atoms with Crippen molar-refractivity contribution in [2.45, 2.75) is 31.8 Å². The number of sulfone groups is 1. The number of benzene rings is 1. The molecule has 0 radical (unpaired) electrons. The Labute approximate surface area is 184 Å². The third kappa shape index (κ3) is 5.28. The van der Waals surface area contributed by atoms with Gasteiger partial charge in [-0.3, -0.25) is 9.59 Å². The van der Waals surface area contributed by atoms with Gasteiger partial charge in [-0.2, -0.15) is 5.10 Å². The summed E-state index contributed by atoms with van der Waals surface area (Å²) in [7, 11) is -3.18. The number of nitrogens with zero attached hydrogens (tertiary/aromatic N) is 3. The molecule has 0 saturated carbocycles. The van der Waals surface area contributed by atoms with Gasteiger partial charge in [-0.05, 0) is 42.3 Å². The lowest BCUT2D eigenvalue weighted by molar-refractivity contribution is -0.133. The summed E-state index contributed by atoms with van der Waals surface area (Å²) in [6.45, 7) is 0.173. The van der Waals surface area contributed by atoms with Gasteiger partial charge in [0.15, 0.2) is 9.84 Å². The lowest BCUT2D eigenvalue weighted by Gasteiger charge is -2.27. The summed E-state index contributed by atoms with van der Waals surface area (Å²) in [5, 5.41) is 8.07. The predicted octanol–water partition coefficient (Wildman–Crippen LogP) is 1.79. The SMILES string of the molecule is O=C(NCc1ccnc(Oc2ccc(F)cc2)c1)C1=NN(C2CCS(=O)(=O)C2)C(=O)CC1. The van der Waals surface area contributed by atoms with Crippen LogP contribution in [-0.2, 0) is 26.0 Å². The molecule has 1 N–H and O–H groups in total. The van der Waals surface area contributed by atoms with Crippen molar-refractivity contribution in [3.05, 3.63) is 54.0 Å². The van der Waals surface area contributed by atoms with Crippen molar-refractivity contribution in [1.82, 2.24) is 15.3 Å². The van der Waals surface area contributed by atoms with Gasteiger partial charge in [0.1, 0.15) is 17.3 Å². The first-order valence-electron chi connectivity index (χ1n) is 10.1. The van der Waals surface area contributed by atoms with E-state index in [2.05, 4.69) is 15.4 Å². The quantitative estimate of drug-likeness (QED) is 0.702. The maximum absolute atomic E-state index is 13.0. The Kier molecular flexibility index (Phi) is 6.17. The third-order valence-electron chi connectivity index (χ3n) is 5.16. The van der Waals surface area contributed by atoms with Gasteiger partial charge < -0.3 is 10.1 Å². The van der Waals surface area contributed by atoms with Gasteiger partial charge in [-0.1, -0.05) is 0 Å². The zero-order valence-electron chi connectivity index (χ0n) is 17.0. The lowest BCUT2D eigenvalue weighted by Crippen LogP contribution is -2.43. The summed E-state index contributed by atoms with van der Waals surface area (Å²) >= 11 is 0. The van der Waals surface area contributed by atoms with Gasteiger partial charge in [0.25, 0.3) is 5.91 Å². The number of hydrazone groups is 1. The number of halogens is 1. The van der Waals surface area contributed by atoms with Crippen LogP contribution in [0.4, 0.5) is 4.39 Å². The molecule has 168 valence electrons. The molecule has 0 spiro atoms. The Morgan fingerprint density at radius 3 is 2.72 bits per heavy atom. The number of ether oxygens (including phenoxy) is 1. The normalized spacial score (nSPS) is 20.0. The summed E-state index contributed by atoms with van der Waals surface area (Å²) in [6, 6.07) is 8.34. The molecule has 11 heteroatoms. The number of aromatic nitrogens is 1. The first-order valence-corrected chi connectivity index (χ1v) is 11.9. The minimum absolute atomic E-state index is 0.0167. The zero-order chi connectivity index (χ0) is 22.7. The molecule has 1 aromatic heterocycles. The Hall–Kier alpha value is -3.34. The van der Waals surface area contributed by atoms with E-state index in [0.717, 1.165) is 10.6 Å². The maximum Gasteiger partial charge on any atom is 0.267 e. The minimum atomic E-state index is -3.18. The molecule has 2 aliphatic rings. The molecule has 3 heterocycles. The number of amides is 2. The van der Waals surface area contributed by atoms with Crippen LogP contribution in [0.3, 0.4) is 0 Å². The fourth-order valence-corrected chi connectivity index (χ4v) is 5.20. The van der Waals surface area contributed by atoms with Crippen molar-refractivity contribution >= 4 is 27.4 Å². The number of carbonyl (C=O) groups is 2. The van der Waals surface area contributed by atoms with E-state index in [1.807, 2.05) is 0 Å². The average molecular weight is 460 g/mol. The molecule has 0 aliphatic carbocycles. The Morgan fingerprint density at radius 1 is 1.22 bits per heavy atom. The van der Waals surface area contributed by atoms with Gasteiger partial charge >= 0.3 is 0 Å². The molecule has 32 heavy (non-hydrogen) atoms. The van der Waals surface area contributed by atoms with E-state index < -0.39 is 21.8 Å². The molecule has 1 unspecified atom stereocenters. The molecule has 1 fully saturated rings. The van der Waals surface area contributed by atoms with Crippen LogP contribution < -0.4 is 10.1 Å². The van der Waals surface area contributed by atoms with Crippen molar-refractivity contribution in [3.8, 4) is 11.6 Å². The molecule has 2 aromatic rings. The molecule has 1 saturated heterocycles. The van der Waals surface area contributed by atoms with Crippen molar-refractivity contribution in [1.29, 1.82) is 0 Å². The monoisotopic (exact) mass is 460 g/mol. The summed E-state index contributed by atoms with van der Waals surface area (Å²) in [4.78, 5) is 28.9. The average Bonchev–Trinajstić information content (AvgIpc) is 3.14. The van der Waals surface area contributed by atoms with Crippen LogP contribution in [-0.4, -0.2) is 53.5 Å². The van der Waals surface area contributed by atoms with Crippen LogP contribution in [0.2, 0.25) is 0 Å². The van der Waals surface area contributed by atoms with E-state index in [1.54, 1.807) is 12.1 Å². The fraction of sp³-hybridized carbons (Fsp3) is 0.333. The number of hydrogen-bond donors (Lipinski definition) is 1. The molecule has 0 bridgehead atoms. The Balaban J connectivity index is 1.38. The fourth-order valence-electron chi connectivity index (χ4n) is 3.51. The van der Waals surface area contributed by atoms with E-state index in [-0.39, 0.29) is 54.2 Å². The summed E-state index contributed by atoms with van der Waals surface area (Å²) in [5.74, 6) is -0.481. The highest BCUT2D eigenvalue weighted by molar-refractivity contribution is 7.91. The molecule has 4 rings (SSSR count). The molecular formula is C21H21FN4O5S. The Morgan fingerprint density at radius 2 is 2.00 bits per heavy atom. The number of pyridine rings is 1. The van der Waals surface area contributed by atoms with E-state index in [1.165, 1.54) is 30.5 Å².